The Morgan fingerprint density at radius 3 is 2.67 bits per heavy atom. The Balaban J connectivity index is 2.18. The number of amides is 1. The molecule has 1 amide bonds. The second-order valence-corrected chi connectivity index (χ2v) is 5.29. The summed E-state index contributed by atoms with van der Waals surface area (Å²) < 4.78 is 0. The minimum Gasteiger partial charge on any atom is -0.334 e. The van der Waals surface area contributed by atoms with Crippen LogP contribution < -0.4 is 5.73 Å². The molecule has 0 bridgehead atoms. The van der Waals surface area contributed by atoms with Gasteiger partial charge in [0.2, 0.25) is 0 Å². The Morgan fingerprint density at radius 1 is 1.39 bits per heavy atom. The first-order valence-electron chi connectivity index (χ1n) is 6.71. The highest BCUT2D eigenvalue weighted by atomic mass is 16.2. The highest BCUT2D eigenvalue weighted by molar-refractivity contribution is 5.94. The molecule has 1 aliphatic heterocycles. The van der Waals surface area contributed by atoms with E-state index in [0.29, 0.717) is 12.5 Å². The smallest absolute Gasteiger partial charge is 0.254 e. The zero-order valence-corrected chi connectivity index (χ0v) is 11.2. The first kappa shape index (κ1) is 13.1. The summed E-state index contributed by atoms with van der Waals surface area (Å²) in [5, 5.41) is 0. The molecule has 2 rings (SSSR count). The summed E-state index contributed by atoms with van der Waals surface area (Å²) in [6.07, 6.45) is 2.24. The van der Waals surface area contributed by atoms with Gasteiger partial charge in [-0.3, -0.25) is 4.79 Å². The molecule has 0 radical (unpaired) electrons. The Morgan fingerprint density at radius 2 is 2.06 bits per heavy atom. The molecular weight excluding hydrogens is 224 g/mol. The Kier molecular flexibility index (Phi) is 4.02. The van der Waals surface area contributed by atoms with Gasteiger partial charge in [0.25, 0.3) is 5.91 Å². The summed E-state index contributed by atoms with van der Waals surface area (Å²) in [7, 11) is 0. The largest absolute Gasteiger partial charge is 0.334 e. The molecule has 2 unspecified atom stereocenters. The highest BCUT2D eigenvalue weighted by Crippen LogP contribution is 2.24. The third kappa shape index (κ3) is 2.56. The second-order valence-electron chi connectivity index (χ2n) is 5.29. The van der Waals surface area contributed by atoms with Gasteiger partial charge in [0, 0.05) is 24.7 Å². The summed E-state index contributed by atoms with van der Waals surface area (Å²) in [5.74, 6) is 0.621. The maximum Gasteiger partial charge on any atom is 0.254 e. The van der Waals surface area contributed by atoms with Gasteiger partial charge in [0.15, 0.2) is 0 Å². The molecule has 1 heterocycles. The number of rotatable bonds is 2. The lowest BCUT2D eigenvalue weighted by molar-refractivity contribution is 0.0532. The maximum absolute atomic E-state index is 12.5. The van der Waals surface area contributed by atoms with Crippen LogP contribution >= 0.6 is 0 Å². The van der Waals surface area contributed by atoms with Crippen molar-refractivity contribution in [2.45, 2.75) is 32.7 Å². The lowest BCUT2D eigenvalue weighted by Gasteiger charge is -2.39. The summed E-state index contributed by atoms with van der Waals surface area (Å²) in [6, 6.07) is 7.97. The standard InChI is InChI=1S/C15H22N2O/c1-11-5-7-13(8-6-11)15(18)17-9-3-4-12(2)14(17)10-16/h5-8,12,14H,3-4,9-10,16H2,1-2H3. The molecule has 0 saturated carbocycles. The van der Waals surface area contributed by atoms with E-state index >= 15 is 0 Å². The molecule has 1 fully saturated rings. The minimum atomic E-state index is 0.122. The lowest BCUT2D eigenvalue weighted by Crippen LogP contribution is -2.51. The van der Waals surface area contributed by atoms with Crippen molar-refractivity contribution in [3.8, 4) is 0 Å². The van der Waals surface area contributed by atoms with Crippen LogP contribution in [-0.2, 0) is 0 Å². The number of hydrogen-bond donors (Lipinski definition) is 1. The third-order valence-corrected chi connectivity index (χ3v) is 3.92. The van der Waals surface area contributed by atoms with E-state index in [1.165, 1.54) is 12.0 Å². The zero-order chi connectivity index (χ0) is 13.1. The van der Waals surface area contributed by atoms with Crippen LogP contribution in [0.3, 0.4) is 0 Å². The molecule has 1 aromatic carbocycles. The zero-order valence-electron chi connectivity index (χ0n) is 11.2. The van der Waals surface area contributed by atoms with Crippen molar-refractivity contribution in [3.63, 3.8) is 0 Å². The molecule has 2 N–H and O–H groups in total. The normalized spacial score (nSPS) is 24.1. The van der Waals surface area contributed by atoms with E-state index in [2.05, 4.69) is 6.92 Å². The number of aryl methyl sites for hydroxylation is 1. The van der Waals surface area contributed by atoms with Crippen LogP contribution in [0.5, 0.6) is 0 Å². The Hall–Kier alpha value is -1.35. The van der Waals surface area contributed by atoms with E-state index in [-0.39, 0.29) is 11.9 Å². The fourth-order valence-corrected chi connectivity index (χ4v) is 2.72. The van der Waals surface area contributed by atoms with E-state index in [9.17, 15) is 4.79 Å². The third-order valence-electron chi connectivity index (χ3n) is 3.92. The molecule has 3 nitrogen and oxygen atoms in total. The van der Waals surface area contributed by atoms with Crippen molar-refractivity contribution in [1.82, 2.24) is 4.90 Å². The van der Waals surface area contributed by atoms with Gasteiger partial charge in [-0.05, 0) is 37.8 Å². The van der Waals surface area contributed by atoms with Gasteiger partial charge in [0.05, 0.1) is 0 Å². The van der Waals surface area contributed by atoms with E-state index in [1.54, 1.807) is 0 Å². The molecule has 2 atom stereocenters. The molecule has 1 aliphatic rings. The molecule has 1 saturated heterocycles. The molecule has 1 aromatic rings. The van der Waals surface area contributed by atoms with Crippen molar-refractivity contribution < 1.29 is 4.79 Å². The second kappa shape index (κ2) is 5.53. The number of nitrogens with two attached hydrogens (primary N) is 1. The molecular formula is C15H22N2O. The summed E-state index contributed by atoms with van der Waals surface area (Å²) >= 11 is 0. The van der Waals surface area contributed by atoms with Gasteiger partial charge in [0.1, 0.15) is 0 Å². The molecule has 0 spiro atoms. The van der Waals surface area contributed by atoms with Crippen molar-refractivity contribution in [3.05, 3.63) is 35.4 Å². The number of carbonyl (C=O) groups excluding carboxylic acids is 1. The average Bonchev–Trinajstić information content (AvgIpc) is 2.38. The molecule has 0 aliphatic carbocycles. The first-order chi connectivity index (χ1) is 8.63. The van der Waals surface area contributed by atoms with Crippen LogP contribution in [-0.4, -0.2) is 29.9 Å². The Bertz CT molecular complexity index is 413. The minimum absolute atomic E-state index is 0.122. The van der Waals surface area contributed by atoms with Crippen LogP contribution in [0.25, 0.3) is 0 Å². The van der Waals surface area contributed by atoms with Crippen LogP contribution in [0.15, 0.2) is 24.3 Å². The quantitative estimate of drug-likeness (QED) is 0.869. The van der Waals surface area contributed by atoms with Gasteiger partial charge < -0.3 is 10.6 Å². The maximum atomic E-state index is 12.5. The number of carbonyl (C=O) groups is 1. The summed E-state index contributed by atoms with van der Waals surface area (Å²) in [6.45, 7) is 5.60. The fraction of sp³-hybridized carbons (Fsp3) is 0.533. The predicted molar refractivity (Wildman–Crippen MR) is 73.5 cm³/mol. The van der Waals surface area contributed by atoms with Gasteiger partial charge >= 0.3 is 0 Å². The van der Waals surface area contributed by atoms with Crippen LogP contribution in [0.2, 0.25) is 0 Å². The number of benzene rings is 1. The van der Waals surface area contributed by atoms with Gasteiger partial charge in [-0.15, -0.1) is 0 Å². The van der Waals surface area contributed by atoms with Crippen LogP contribution in [0, 0.1) is 12.8 Å². The highest BCUT2D eigenvalue weighted by Gasteiger charge is 2.31. The Labute approximate surface area is 109 Å². The van der Waals surface area contributed by atoms with Crippen molar-refractivity contribution in [2.24, 2.45) is 11.7 Å². The molecule has 3 heteroatoms. The number of nitrogens with zero attached hydrogens (tertiary/aromatic N) is 1. The van der Waals surface area contributed by atoms with Gasteiger partial charge in [-0.1, -0.05) is 24.6 Å². The summed E-state index contributed by atoms with van der Waals surface area (Å²) in [4.78, 5) is 14.5. The van der Waals surface area contributed by atoms with Crippen LogP contribution in [0.1, 0.15) is 35.7 Å². The van der Waals surface area contributed by atoms with Gasteiger partial charge in [-0.2, -0.15) is 0 Å². The fourth-order valence-electron chi connectivity index (χ4n) is 2.72. The van der Waals surface area contributed by atoms with E-state index in [1.807, 2.05) is 36.1 Å². The predicted octanol–water partition coefficient (Wildman–Crippen LogP) is 2.19. The van der Waals surface area contributed by atoms with Crippen molar-refractivity contribution in [2.75, 3.05) is 13.1 Å². The number of likely N-dealkylation sites (tertiary alicyclic amines) is 1. The monoisotopic (exact) mass is 246 g/mol. The van der Waals surface area contributed by atoms with E-state index in [4.69, 9.17) is 5.73 Å². The van der Waals surface area contributed by atoms with Crippen molar-refractivity contribution in [1.29, 1.82) is 0 Å². The van der Waals surface area contributed by atoms with Crippen LogP contribution in [0.4, 0.5) is 0 Å². The number of hydrogen-bond acceptors (Lipinski definition) is 2. The average molecular weight is 246 g/mol. The van der Waals surface area contributed by atoms with E-state index < -0.39 is 0 Å². The van der Waals surface area contributed by atoms with E-state index in [0.717, 1.165) is 18.5 Å². The molecule has 98 valence electrons. The first-order valence-corrected chi connectivity index (χ1v) is 6.71. The van der Waals surface area contributed by atoms with Gasteiger partial charge in [-0.25, -0.2) is 0 Å². The summed E-state index contributed by atoms with van der Waals surface area (Å²) in [5.41, 5.74) is 7.78. The lowest BCUT2D eigenvalue weighted by atomic mass is 9.90. The number of piperidine rings is 1. The molecule has 18 heavy (non-hydrogen) atoms. The molecule has 0 aromatic heterocycles. The van der Waals surface area contributed by atoms with Crippen molar-refractivity contribution >= 4 is 5.91 Å². The SMILES string of the molecule is Cc1ccc(C(=O)N2CCCC(C)C2CN)cc1. The topological polar surface area (TPSA) is 46.3 Å².